The Morgan fingerprint density at radius 3 is 1.42 bits per heavy atom. The minimum absolute atomic E-state index is 0.0945. The first kappa shape index (κ1) is 24.1. The van der Waals surface area contributed by atoms with Crippen LogP contribution in [0.2, 0.25) is 0 Å². The van der Waals surface area contributed by atoms with E-state index in [1.807, 2.05) is 13.8 Å². The summed E-state index contributed by atoms with van der Waals surface area (Å²) in [5.74, 6) is -0.401. The molecule has 0 amide bonds. The summed E-state index contributed by atoms with van der Waals surface area (Å²) in [6, 6.07) is 0. The smallest absolute Gasteiger partial charge is 0.265 e. The van der Waals surface area contributed by atoms with Gasteiger partial charge in [-0.25, -0.2) is 0 Å². The monoisotopic (exact) mass is 392 g/mol. The van der Waals surface area contributed by atoms with Gasteiger partial charge in [0, 0.05) is 13.2 Å². The number of rotatable bonds is 13. The van der Waals surface area contributed by atoms with Gasteiger partial charge < -0.3 is 23.1 Å². The molecule has 0 aliphatic heterocycles. The van der Waals surface area contributed by atoms with Gasteiger partial charge in [0.1, 0.15) is 0 Å². The van der Waals surface area contributed by atoms with Crippen molar-refractivity contribution in [3.05, 3.63) is 0 Å². The molecule has 8 nitrogen and oxygen atoms in total. The highest BCUT2D eigenvalue weighted by Gasteiger charge is 2.27. The molecule has 0 spiro atoms. The summed E-state index contributed by atoms with van der Waals surface area (Å²) in [6.07, 6.45) is 1.05. The molecule has 0 radical (unpaired) electrons. The van der Waals surface area contributed by atoms with E-state index in [0.717, 1.165) is 0 Å². The molecule has 0 bridgehead atoms. The maximum atomic E-state index is 10.9. The van der Waals surface area contributed by atoms with E-state index in [1.165, 1.54) is 0 Å². The first-order valence-corrected chi connectivity index (χ1v) is 11.0. The fourth-order valence-electron chi connectivity index (χ4n) is 2.18. The number of ether oxygens (including phenoxy) is 2. The lowest BCUT2D eigenvalue weighted by atomic mass is 9.92. The average Bonchev–Trinajstić information content (AvgIpc) is 2.25. The zero-order chi connectivity index (χ0) is 19.1. The lowest BCUT2D eigenvalue weighted by Crippen LogP contribution is -2.25. The maximum Gasteiger partial charge on any atom is 0.265 e. The van der Waals surface area contributed by atoms with Crippen LogP contribution in [0.25, 0.3) is 0 Å². The van der Waals surface area contributed by atoms with Crippen LogP contribution >= 0.6 is 10.9 Å². The van der Waals surface area contributed by atoms with Gasteiger partial charge in [0.15, 0.2) is 0 Å². The summed E-state index contributed by atoms with van der Waals surface area (Å²) in [6.45, 7) is 8.61. The minimum atomic E-state index is -4.00. The summed E-state index contributed by atoms with van der Waals surface area (Å²) >= 11 is 0. The molecule has 0 heterocycles. The van der Waals surface area contributed by atoms with Crippen LogP contribution in [0.5, 0.6) is 0 Å². The van der Waals surface area contributed by atoms with E-state index in [2.05, 4.69) is 0 Å². The van der Waals surface area contributed by atoms with Crippen LogP contribution in [0.1, 0.15) is 40.5 Å². The largest absolute Gasteiger partial charge is 0.379 e. The van der Waals surface area contributed by atoms with E-state index in [1.54, 1.807) is 13.8 Å². The summed E-state index contributed by atoms with van der Waals surface area (Å²) < 4.78 is 68.6. The predicted octanol–water partition coefficient (Wildman–Crippen LogP) is 2.96. The van der Waals surface area contributed by atoms with Crippen molar-refractivity contribution >= 4 is 21.0 Å². The molecule has 148 valence electrons. The highest BCUT2D eigenvalue weighted by Crippen LogP contribution is 2.41. The molecular formula is C14H32O8S2. The summed E-state index contributed by atoms with van der Waals surface area (Å²) in [5.41, 5.74) is -1.01. The van der Waals surface area contributed by atoms with Crippen molar-refractivity contribution in [2.75, 3.05) is 37.9 Å². The predicted molar refractivity (Wildman–Crippen MR) is 95.2 cm³/mol. The summed E-state index contributed by atoms with van der Waals surface area (Å²) in [7, 11) is -7.50. The van der Waals surface area contributed by atoms with Gasteiger partial charge in [-0.05, 0) is 23.7 Å². The zero-order valence-corrected chi connectivity index (χ0v) is 16.5. The van der Waals surface area contributed by atoms with Crippen LogP contribution in [0.3, 0.4) is 0 Å². The van der Waals surface area contributed by atoms with Gasteiger partial charge in [0.2, 0.25) is 0 Å². The highest BCUT2D eigenvalue weighted by atomic mass is 32.3. The number of hydrogen-bond acceptors (Lipinski definition) is 7. The number of hydrogen-bond donors (Lipinski definition) is 4. The maximum absolute atomic E-state index is 10.9. The van der Waals surface area contributed by atoms with Crippen LogP contribution in [-0.4, -0.2) is 64.6 Å². The molecular weight excluding hydrogens is 360 g/mol. The molecule has 4 N–H and O–H groups in total. The molecule has 0 rings (SSSR count). The second-order valence-corrected chi connectivity index (χ2v) is 10.6. The Morgan fingerprint density at radius 2 is 1.08 bits per heavy atom. The Balaban J connectivity index is 3.75. The summed E-state index contributed by atoms with van der Waals surface area (Å²) in [4.78, 5) is 0. The van der Waals surface area contributed by atoms with Crippen molar-refractivity contribution in [2.45, 2.75) is 40.5 Å². The average molecular weight is 393 g/mol. The quantitative estimate of drug-likeness (QED) is 0.278. The van der Waals surface area contributed by atoms with Gasteiger partial charge >= 0.3 is 0 Å². The fraction of sp³-hybridized carbons (Fsp3) is 1.00. The van der Waals surface area contributed by atoms with E-state index >= 15 is 0 Å². The minimum Gasteiger partial charge on any atom is -0.379 e. The zero-order valence-electron chi connectivity index (χ0n) is 14.9. The molecule has 0 saturated carbocycles. The van der Waals surface area contributed by atoms with Gasteiger partial charge in [-0.1, -0.05) is 27.7 Å². The Labute approximate surface area is 146 Å². The molecule has 0 aromatic carbocycles. The van der Waals surface area contributed by atoms with Crippen LogP contribution in [0.15, 0.2) is 0 Å². The van der Waals surface area contributed by atoms with E-state index in [0.29, 0.717) is 39.3 Å². The molecule has 0 saturated heterocycles. The Morgan fingerprint density at radius 1 is 0.708 bits per heavy atom. The molecule has 0 unspecified atom stereocenters. The fourth-order valence-corrected chi connectivity index (χ4v) is 4.51. The van der Waals surface area contributed by atoms with E-state index in [-0.39, 0.29) is 11.5 Å². The SMILES string of the molecule is CC(C)(CCOCCOCCC(C)(C)CS(=O)(=O)O)CS(O)(O)O. The molecule has 24 heavy (non-hydrogen) atoms. The Bertz CT molecular complexity index is 454. The van der Waals surface area contributed by atoms with Crippen molar-refractivity contribution in [3.8, 4) is 0 Å². The van der Waals surface area contributed by atoms with Gasteiger partial charge in [-0.2, -0.15) is 8.42 Å². The van der Waals surface area contributed by atoms with Crippen molar-refractivity contribution in [2.24, 2.45) is 10.8 Å². The van der Waals surface area contributed by atoms with Crippen LogP contribution in [0.4, 0.5) is 0 Å². The second kappa shape index (κ2) is 9.67. The molecule has 0 aliphatic carbocycles. The van der Waals surface area contributed by atoms with Gasteiger partial charge in [0.25, 0.3) is 10.1 Å². The second-order valence-electron chi connectivity index (χ2n) is 7.56. The highest BCUT2D eigenvalue weighted by molar-refractivity contribution is 8.19. The molecule has 10 heteroatoms. The Kier molecular flexibility index (Phi) is 9.70. The standard InChI is InChI=1S/C14H32O8S2/c1-13(2,11-23(15,16)17)5-7-21-9-10-22-8-6-14(3,4)12-24(18,19)20/h15-17H,5-12H2,1-4H3,(H,18,19,20). The van der Waals surface area contributed by atoms with Gasteiger partial charge in [-0.15, -0.1) is 0 Å². The third-order valence-corrected chi connectivity index (χ3v) is 5.69. The normalized spacial score (nSPS) is 14.8. The van der Waals surface area contributed by atoms with Crippen molar-refractivity contribution in [3.63, 3.8) is 0 Å². The first-order valence-electron chi connectivity index (χ1n) is 7.71. The van der Waals surface area contributed by atoms with Crippen LogP contribution in [-0.2, 0) is 19.6 Å². The topological polar surface area (TPSA) is 134 Å². The molecule has 0 aliphatic rings. The van der Waals surface area contributed by atoms with Crippen molar-refractivity contribution in [1.82, 2.24) is 0 Å². The lowest BCUT2D eigenvalue weighted by Gasteiger charge is -2.31. The molecule has 0 aromatic rings. The molecule has 0 aromatic heterocycles. The van der Waals surface area contributed by atoms with E-state index in [4.69, 9.17) is 27.7 Å². The summed E-state index contributed by atoms with van der Waals surface area (Å²) in [5, 5.41) is 0. The third kappa shape index (κ3) is 15.6. The van der Waals surface area contributed by atoms with Crippen molar-refractivity contribution < 1.29 is 36.1 Å². The third-order valence-electron chi connectivity index (χ3n) is 3.38. The van der Waals surface area contributed by atoms with Gasteiger partial charge in [-0.3, -0.25) is 4.55 Å². The van der Waals surface area contributed by atoms with E-state index in [9.17, 15) is 8.42 Å². The lowest BCUT2D eigenvalue weighted by molar-refractivity contribution is 0.0313. The molecule has 0 atom stereocenters. The first-order chi connectivity index (χ1) is 10.6. The Hall–Kier alpha value is 0.0600. The van der Waals surface area contributed by atoms with Crippen molar-refractivity contribution in [1.29, 1.82) is 0 Å². The van der Waals surface area contributed by atoms with Crippen LogP contribution in [0, 0.1) is 10.8 Å². The van der Waals surface area contributed by atoms with Crippen LogP contribution < -0.4 is 0 Å². The van der Waals surface area contributed by atoms with E-state index < -0.39 is 31.8 Å². The molecule has 0 fully saturated rings. The van der Waals surface area contributed by atoms with Gasteiger partial charge in [0.05, 0.1) is 35.6 Å².